The largest absolute Gasteiger partial charge is 0.457 e. The molecule has 1 aliphatic heterocycles. The molecular weight excluding hydrogens is 362 g/mol. The number of benzene rings is 3. The SMILES string of the molecule is O=C1OC(c2ccccc2Cl)=N/C1=C/c1cccc(Oc2ccccc2)c1. The maximum atomic E-state index is 12.2. The predicted molar refractivity (Wildman–Crippen MR) is 105 cm³/mol. The summed E-state index contributed by atoms with van der Waals surface area (Å²) in [5.74, 6) is 1.09. The van der Waals surface area contributed by atoms with Gasteiger partial charge in [-0.3, -0.25) is 0 Å². The second kappa shape index (κ2) is 7.48. The zero-order chi connectivity index (χ0) is 18.6. The lowest BCUT2D eigenvalue weighted by Gasteiger charge is -2.05. The molecule has 27 heavy (non-hydrogen) atoms. The highest BCUT2D eigenvalue weighted by atomic mass is 35.5. The molecule has 5 heteroatoms. The van der Waals surface area contributed by atoms with E-state index in [1.54, 1.807) is 24.3 Å². The van der Waals surface area contributed by atoms with Gasteiger partial charge in [0, 0.05) is 0 Å². The lowest BCUT2D eigenvalue weighted by atomic mass is 10.2. The van der Waals surface area contributed by atoms with Crippen LogP contribution in [0.25, 0.3) is 6.08 Å². The molecule has 0 amide bonds. The molecule has 0 radical (unpaired) electrons. The Bertz CT molecular complexity index is 1060. The van der Waals surface area contributed by atoms with Crippen LogP contribution in [0.2, 0.25) is 5.02 Å². The lowest BCUT2D eigenvalue weighted by Crippen LogP contribution is -2.05. The van der Waals surface area contributed by atoms with Crippen LogP contribution in [0.15, 0.2) is 89.6 Å². The summed E-state index contributed by atoms with van der Waals surface area (Å²) in [5, 5.41) is 0.476. The van der Waals surface area contributed by atoms with E-state index in [1.165, 1.54) is 0 Å². The average Bonchev–Trinajstić information content (AvgIpc) is 3.03. The normalized spacial score (nSPS) is 14.8. The van der Waals surface area contributed by atoms with Crippen LogP contribution in [0.3, 0.4) is 0 Å². The van der Waals surface area contributed by atoms with Gasteiger partial charge in [-0.15, -0.1) is 0 Å². The molecule has 3 aromatic rings. The minimum absolute atomic E-state index is 0.202. The Balaban J connectivity index is 1.61. The summed E-state index contributed by atoms with van der Waals surface area (Å²) in [6.45, 7) is 0. The summed E-state index contributed by atoms with van der Waals surface area (Å²) in [6.07, 6.45) is 1.66. The molecule has 1 heterocycles. The standard InChI is InChI=1S/C22H14ClNO3/c23-19-12-5-4-11-18(19)21-24-20(22(25)27-21)14-15-7-6-10-17(13-15)26-16-8-2-1-3-9-16/h1-14H/b20-14+. The van der Waals surface area contributed by atoms with Gasteiger partial charge in [-0.1, -0.05) is 54.1 Å². The van der Waals surface area contributed by atoms with E-state index in [0.29, 0.717) is 16.3 Å². The average molecular weight is 376 g/mol. The summed E-state index contributed by atoms with van der Waals surface area (Å²) in [5.41, 5.74) is 1.57. The fraction of sp³-hybridized carbons (Fsp3) is 0. The van der Waals surface area contributed by atoms with E-state index in [0.717, 1.165) is 11.3 Å². The molecule has 0 N–H and O–H groups in total. The van der Waals surface area contributed by atoms with Crippen LogP contribution in [0, 0.1) is 0 Å². The molecule has 0 aromatic heterocycles. The molecule has 1 aliphatic rings. The molecule has 4 rings (SSSR count). The number of rotatable bonds is 4. The van der Waals surface area contributed by atoms with E-state index in [4.69, 9.17) is 21.1 Å². The van der Waals surface area contributed by atoms with E-state index in [2.05, 4.69) is 4.99 Å². The van der Waals surface area contributed by atoms with Gasteiger partial charge in [0.05, 0.1) is 10.6 Å². The highest BCUT2D eigenvalue weighted by molar-refractivity contribution is 6.34. The zero-order valence-corrected chi connectivity index (χ0v) is 14.9. The number of hydrogen-bond donors (Lipinski definition) is 0. The van der Waals surface area contributed by atoms with Gasteiger partial charge in [0.1, 0.15) is 11.5 Å². The number of nitrogens with zero attached hydrogens (tertiary/aromatic N) is 1. The maximum absolute atomic E-state index is 12.2. The Kier molecular flexibility index (Phi) is 4.73. The van der Waals surface area contributed by atoms with Crippen molar-refractivity contribution in [1.82, 2.24) is 0 Å². The molecule has 0 saturated carbocycles. The van der Waals surface area contributed by atoms with Gasteiger partial charge in [-0.2, -0.15) is 0 Å². The summed E-state index contributed by atoms with van der Waals surface area (Å²) < 4.78 is 11.1. The van der Waals surface area contributed by atoms with Crippen molar-refractivity contribution in [3.05, 3.63) is 101 Å². The van der Waals surface area contributed by atoms with Gasteiger partial charge in [0.15, 0.2) is 5.70 Å². The molecule has 0 unspecified atom stereocenters. The highest BCUT2D eigenvalue weighted by Gasteiger charge is 2.25. The summed E-state index contributed by atoms with van der Waals surface area (Å²) in [7, 11) is 0. The third kappa shape index (κ3) is 3.91. The Morgan fingerprint density at radius 3 is 2.44 bits per heavy atom. The van der Waals surface area contributed by atoms with Crippen molar-refractivity contribution >= 4 is 29.5 Å². The molecular formula is C22H14ClNO3. The Morgan fingerprint density at radius 2 is 1.63 bits per heavy atom. The first-order chi connectivity index (χ1) is 13.2. The Morgan fingerprint density at radius 1 is 0.889 bits per heavy atom. The first-order valence-corrected chi connectivity index (χ1v) is 8.67. The lowest BCUT2D eigenvalue weighted by molar-refractivity contribution is -0.129. The van der Waals surface area contributed by atoms with Crippen LogP contribution in [0.1, 0.15) is 11.1 Å². The topological polar surface area (TPSA) is 47.9 Å². The molecule has 0 saturated heterocycles. The quantitative estimate of drug-likeness (QED) is 0.448. The molecule has 4 nitrogen and oxygen atoms in total. The van der Waals surface area contributed by atoms with Gasteiger partial charge in [0.2, 0.25) is 5.90 Å². The number of carbonyl (C=O) groups is 1. The number of esters is 1. The van der Waals surface area contributed by atoms with Crippen molar-refractivity contribution in [2.45, 2.75) is 0 Å². The zero-order valence-electron chi connectivity index (χ0n) is 14.1. The van der Waals surface area contributed by atoms with Crippen molar-refractivity contribution < 1.29 is 14.3 Å². The molecule has 0 atom stereocenters. The number of carbonyl (C=O) groups excluding carboxylic acids is 1. The summed E-state index contributed by atoms with van der Waals surface area (Å²) in [6, 6.07) is 24.0. The van der Waals surface area contributed by atoms with E-state index < -0.39 is 5.97 Å². The monoisotopic (exact) mass is 375 g/mol. The van der Waals surface area contributed by atoms with Crippen LogP contribution in [-0.2, 0) is 9.53 Å². The van der Waals surface area contributed by atoms with Gasteiger partial charge in [-0.05, 0) is 48.0 Å². The van der Waals surface area contributed by atoms with Crippen LogP contribution in [-0.4, -0.2) is 11.9 Å². The van der Waals surface area contributed by atoms with Crippen molar-refractivity contribution in [2.24, 2.45) is 4.99 Å². The molecule has 0 spiro atoms. The minimum atomic E-state index is -0.515. The second-order valence-corrected chi connectivity index (χ2v) is 6.21. The fourth-order valence-electron chi connectivity index (χ4n) is 2.61. The summed E-state index contributed by atoms with van der Waals surface area (Å²) >= 11 is 6.15. The number of ether oxygens (including phenoxy) is 2. The van der Waals surface area contributed by atoms with Crippen LogP contribution in [0.5, 0.6) is 11.5 Å². The maximum Gasteiger partial charge on any atom is 0.363 e. The molecule has 0 bridgehead atoms. The smallest absolute Gasteiger partial charge is 0.363 e. The number of cyclic esters (lactones) is 1. The van der Waals surface area contributed by atoms with Crippen molar-refractivity contribution in [3.8, 4) is 11.5 Å². The molecule has 0 aliphatic carbocycles. The molecule has 3 aromatic carbocycles. The molecule has 0 fully saturated rings. The third-order valence-electron chi connectivity index (χ3n) is 3.87. The predicted octanol–water partition coefficient (Wildman–Crippen LogP) is 5.48. The first kappa shape index (κ1) is 17.1. The van der Waals surface area contributed by atoms with Crippen LogP contribution >= 0.6 is 11.6 Å². The third-order valence-corrected chi connectivity index (χ3v) is 4.19. The highest BCUT2D eigenvalue weighted by Crippen LogP contribution is 2.26. The number of aliphatic imine (C=N–C) groups is 1. The van der Waals surface area contributed by atoms with Crippen molar-refractivity contribution in [2.75, 3.05) is 0 Å². The number of para-hydroxylation sites is 1. The van der Waals surface area contributed by atoms with Crippen LogP contribution < -0.4 is 4.74 Å². The van der Waals surface area contributed by atoms with Crippen molar-refractivity contribution in [3.63, 3.8) is 0 Å². The number of halogens is 1. The van der Waals surface area contributed by atoms with Gasteiger partial charge < -0.3 is 9.47 Å². The van der Waals surface area contributed by atoms with Gasteiger partial charge in [0.25, 0.3) is 0 Å². The molecule has 132 valence electrons. The van der Waals surface area contributed by atoms with E-state index in [-0.39, 0.29) is 11.6 Å². The van der Waals surface area contributed by atoms with Gasteiger partial charge in [-0.25, -0.2) is 9.79 Å². The van der Waals surface area contributed by atoms with E-state index >= 15 is 0 Å². The Hall–Kier alpha value is -3.37. The fourth-order valence-corrected chi connectivity index (χ4v) is 2.83. The summed E-state index contributed by atoms with van der Waals surface area (Å²) in [4.78, 5) is 16.5. The second-order valence-electron chi connectivity index (χ2n) is 5.80. The van der Waals surface area contributed by atoms with Crippen LogP contribution in [0.4, 0.5) is 0 Å². The van der Waals surface area contributed by atoms with E-state index in [1.807, 2.05) is 60.7 Å². The van der Waals surface area contributed by atoms with Crippen molar-refractivity contribution in [1.29, 1.82) is 0 Å². The first-order valence-electron chi connectivity index (χ1n) is 8.29. The Labute approximate surface area is 161 Å². The minimum Gasteiger partial charge on any atom is -0.457 e. The number of hydrogen-bond acceptors (Lipinski definition) is 4. The van der Waals surface area contributed by atoms with E-state index in [9.17, 15) is 4.79 Å². The van der Waals surface area contributed by atoms with Gasteiger partial charge >= 0.3 is 5.97 Å².